The molecule has 0 saturated heterocycles. The Balaban J connectivity index is 1.36. The molecule has 47 heavy (non-hydrogen) atoms. The van der Waals surface area contributed by atoms with Crippen LogP contribution in [-0.2, 0) is 5.41 Å². The van der Waals surface area contributed by atoms with E-state index in [0.717, 1.165) is 27.5 Å². The number of hydrogen-bond donors (Lipinski definition) is 2. The summed E-state index contributed by atoms with van der Waals surface area (Å²) in [4.78, 5) is 4.53. The zero-order chi connectivity index (χ0) is 32.2. The zero-order valence-electron chi connectivity index (χ0n) is 26.3. The van der Waals surface area contributed by atoms with Gasteiger partial charge in [0.2, 0.25) is 0 Å². The molecule has 0 spiro atoms. The van der Waals surface area contributed by atoms with Crippen LogP contribution in [0, 0.1) is 5.41 Å². The molecule has 0 atom stereocenters. The van der Waals surface area contributed by atoms with Gasteiger partial charge in [0.1, 0.15) is 5.84 Å². The van der Waals surface area contributed by atoms with E-state index in [2.05, 4.69) is 139 Å². The quantitative estimate of drug-likeness (QED) is 0.144. The Morgan fingerprint density at radius 3 is 1.87 bits per heavy atom. The number of amidine groups is 2. The summed E-state index contributed by atoms with van der Waals surface area (Å²) in [5, 5.41) is 11.2. The molecular formula is C44H35N3. The van der Waals surface area contributed by atoms with Crippen molar-refractivity contribution in [2.75, 3.05) is 0 Å². The van der Waals surface area contributed by atoms with Crippen LogP contribution < -0.4 is 5.73 Å². The monoisotopic (exact) mass is 605 g/mol. The summed E-state index contributed by atoms with van der Waals surface area (Å²) in [5.41, 5.74) is 15.7. The second kappa shape index (κ2) is 12.7. The van der Waals surface area contributed by atoms with E-state index in [1.807, 2.05) is 48.5 Å². The third-order valence-corrected chi connectivity index (χ3v) is 9.03. The summed E-state index contributed by atoms with van der Waals surface area (Å²) in [5.74, 6) is 0.441. The van der Waals surface area contributed by atoms with Gasteiger partial charge in [-0.25, -0.2) is 4.99 Å². The van der Waals surface area contributed by atoms with E-state index < -0.39 is 5.41 Å². The fourth-order valence-electron chi connectivity index (χ4n) is 6.96. The van der Waals surface area contributed by atoms with Gasteiger partial charge in [-0.3, -0.25) is 5.41 Å². The molecule has 0 aliphatic heterocycles. The molecule has 3 nitrogen and oxygen atoms in total. The van der Waals surface area contributed by atoms with Crippen molar-refractivity contribution in [1.82, 2.24) is 0 Å². The molecule has 0 aromatic heterocycles. The van der Waals surface area contributed by atoms with Crippen LogP contribution in [-0.4, -0.2) is 11.7 Å². The van der Waals surface area contributed by atoms with E-state index in [-0.39, 0.29) is 5.84 Å². The number of benzene rings is 6. The lowest BCUT2D eigenvalue weighted by atomic mass is 9.67. The lowest BCUT2D eigenvalue weighted by molar-refractivity contribution is 0.767. The van der Waals surface area contributed by atoms with Gasteiger partial charge in [0, 0.05) is 11.1 Å². The normalized spacial score (nSPS) is 15.8. The maximum atomic E-state index is 9.00. The molecular weight excluding hydrogens is 571 g/mol. The summed E-state index contributed by atoms with van der Waals surface area (Å²) in [6.45, 7) is 2.14. The average Bonchev–Trinajstić information content (AvgIpc) is 3.42. The van der Waals surface area contributed by atoms with Gasteiger partial charge in [-0.2, -0.15) is 0 Å². The summed E-state index contributed by atoms with van der Waals surface area (Å²) < 4.78 is 0. The van der Waals surface area contributed by atoms with Gasteiger partial charge < -0.3 is 5.73 Å². The number of nitrogens with one attached hydrogen (secondary N) is 1. The highest BCUT2D eigenvalue weighted by Gasteiger charge is 2.47. The molecule has 6 aromatic carbocycles. The van der Waals surface area contributed by atoms with Crippen LogP contribution in [0.25, 0.3) is 22.4 Å². The van der Waals surface area contributed by atoms with Gasteiger partial charge in [-0.1, -0.05) is 164 Å². The zero-order valence-corrected chi connectivity index (χ0v) is 26.3. The van der Waals surface area contributed by atoms with Crippen LogP contribution in [0.1, 0.15) is 45.9 Å². The first-order chi connectivity index (χ1) is 23.1. The van der Waals surface area contributed by atoms with Gasteiger partial charge in [-0.05, 0) is 68.8 Å². The second-order valence-corrected chi connectivity index (χ2v) is 11.7. The average molecular weight is 606 g/mol. The van der Waals surface area contributed by atoms with Crippen molar-refractivity contribution in [1.29, 1.82) is 5.41 Å². The van der Waals surface area contributed by atoms with Crippen molar-refractivity contribution in [3.05, 3.63) is 214 Å². The van der Waals surface area contributed by atoms with Crippen molar-refractivity contribution in [3.8, 4) is 0 Å². The molecule has 226 valence electrons. The summed E-state index contributed by atoms with van der Waals surface area (Å²) in [6.07, 6.45) is 8.66. The Morgan fingerprint density at radius 2 is 1.23 bits per heavy atom. The van der Waals surface area contributed by atoms with E-state index in [1.165, 1.54) is 33.4 Å². The molecule has 6 aromatic rings. The first-order valence-electron chi connectivity index (χ1n) is 15.9. The summed E-state index contributed by atoms with van der Waals surface area (Å²) >= 11 is 0. The van der Waals surface area contributed by atoms with Crippen LogP contribution in [0.5, 0.6) is 0 Å². The Kier molecular flexibility index (Phi) is 8.04. The number of allylic oxidation sites excluding steroid dienone is 5. The van der Waals surface area contributed by atoms with Crippen LogP contribution in [0.15, 0.2) is 180 Å². The topological polar surface area (TPSA) is 62.2 Å². The van der Waals surface area contributed by atoms with E-state index >= 15 is 0 Å². The minimum atomic E-state index is -0.451. The summed E-state index contributed by atoms with van der Waals surface area (Å²) in [6, 6.07) is 52.3. The lowest BCUT2D eigenvalue weighted by Gasteiger charge is -2.34. The summed E-state index contributed by atoms with van der Waals surface area (Å²) in [7, 11) is 0. The van der Waals surface area contributed by atoms with Gasteiger partial charge in [-0.15, -0.1) is 0 Å². The number of rotatable bonds is 6. The van der Waals surface area contributed by atoms with Crippen molar-refractivity contribution in [2.45, 2.75) is 12.3 Å². The number of nitrogens with zero attached hydrogens (tertiary/aromatic N) is 1. The van der Waals surface area contributed by atoms with Gasteiger partial charge in [0.15, 0.2) is 5.84 Å². The first-order valence-corrected chi connectivity index (χ1v) is 15.9. The fourth-order valence-corrected chi connectivity index (χ4v) is 6.96. The third kappa shape index (κ3) is 5.32. The van der Waals surface area contributed by atoms with Crippen molar-refractivity contribution < 1.29 is 0 Å². The SMILES string of the molecule is C\C=C1/C(=C\C=C\c2cc3ccccc3cc2C(=N)/N=C(\N)c2ccccc2)c2ccccc2C1(c1ccccc1)c1ccccc1. The van der Waals surface area contributed by atoms with Crippen LogP contribution in [0.4, 0.5) is 0 Å². The van der Waals surface area contributed by atoms with Crippen LogP contribution in [0.2, 0.25) is 0 Å². The Hall–Kier alpha value is -6.06. The third-order valence-electron chi connectivity index (χ3n) is 9.03. The largest absolute Gasteiger partial charge is 0.383 e. The maximum absolute atomic E-state index is 9.00. The molecule has 0 fully saturated rings. The smallest absolute Gasteiger partial charge is 0.154 e. The van der Waals surface area contributed by atoms with E-state index in [1.54, 1.807) is 0 Å². The molecule has 1 aliphatic carbocycles. The Labute approximate surface area is 276 Å². The maximum Gasteiger partial charge on any atom is 0.154 e. The minimum Gasteiger partial charge on any atom is -0.383 e. The second-order valence-electron chi connectivity index (χ2n) is 11.7. The van der Waals surface area contributed by atoms with Crippen molar-refractivity contribution in [2.24, 2.45) is 10.7 Å². The first kappa shape index (κ1) is 29.6. The molecule has 7 rings (SSSR count). The van der Waals surface area contributed by atoms with Gasteiger partial charge >= 0.3 is 0 Å². The highest BCUT2D eigenvalue weighted by molar-refractivity contribution is 6.12. The van der Waals surface area contributed by atoms with E-state index in [0.29, 0.717) is 5.84 Å². The van der Waals surface area contributed by atoms with Crippen molar-refractivity contribution in [3.63, 3.8) is 0 Å². The van der Waals surface area contributed by atoms with Crippen LogP contribution >= 0.6 is 0 Å². The van der Waals surface area contributed by atoms with Crippen molar-refractivity contribution >= 4 is 34.1 Å². The highest BCUT2D eigenvalue weighted by Crippen LogP contribution is 2.57. The predicted molar refractivity (Wildman–Crippen MR) is 198 cm³/mol. The van der Waals surface area contributed by atoms with Gasteiger partial charge in [0.05, 0.1) is 5.41 Å². The lowest BCUT2D eigenvalue weighted by Crippen LogP contribution is -2.28. The predicted octanol–water partition coefficient (Wildman–Crippen LogP) is 9.96. The van der Waals surface area contributed by atoms with E-state index in [4.69, 9.17) is 11.1 Å². The minimum absolute atomic E-state index is 0.122. The van der Waals surface area contributed by atoms with Crippen LogP contribution in [0.3, 0.4) is 0 Å². The number of nitrogens with two attached hydrogens (primary N) is 1. The standard InChI is InChI=1S/C44H35N3/c1-2-40-37(38-26-14-15-28-41(38)44(40,35-22-8-4-9-23-35)36-24-10-5-11-25-36)27-16-21-34-29-32-19-12-13-20-33(32)30-39(34)43(46)47-42(45)31-17-6-3-7-18-31/h2-30H,1H3,(H3,45,46,47)/b21-16+,37-27-,40-2+. The number of fused-ring (bicyclic) bond motifs is 2. The Bertz CT molecular complexity index is 2170. The van der Waals surface area contributed by atoms with E-state index in [9.17, 15) is 0 Å². The number of hydrogen-bond acceptors (Lipinski definition) is 1. The molecule has 0 unspecified atom stereocenters. The van der Waals surface area contributed by atoms with Gasteiger partial charge in [0.25, 0.3) is 0 Å². The molecule has 0 saturated carbocycles. The Morgan fingerprint density at radius 1 is 0.681 bits per heavy atom. The molecule has 0 heterocycles. The molecule has 0 amide bonds. The fraction of sp³-hybridized carbons (Fsp3) is 0.0455. The molecule has 3 N–H and O–H groups in total. The molecule has 1 aliphatic rings. The molecule has 3 heteroatoms. The molecule has 0 bridgehead atoms. The molecule has 0 radical (unpaired) electrons. The number of aliphatic imine (C=N–C) groups is 1. The highest BCUT2D eigenvalue weighted by atomic mass is 14.9.